The van der Waals surface area contributed by atoms with Crippen LogP contribution in [0.3, 0.4) is 0 Å². The van der Waals surface area contributed by atoms with Gasteiger partial charge in [-0.25, -0.2) is 0 Å². The maximum absolute atomic E-state index is 12.4. The lowest BCUT2D eigenvalue weighted by Crippen LogP contribution is -2.51. The monoisotopic (exact) mass is 349 g/mol. The van der Waals surface area contributed by atoms with Crippen molar-refractivity contribution in [1.29, 1.82) is 0 Å². The van der Waals surface area contributed by atoms with Crippen molar-refractivity contribution < 1.29 is 14.4 Å². The zero-order valence-electron chi connectivity index (χ0n) is 13.3. The van der Waals surface area contributed by atoms with Crippen LogP contribution in [0, 0.1) is 0 Å². The molecular weight excluding hydrogens is 330 g/mol. The number of carbonyl (C=O) groups excluding carboxylic acids is 3. The molecule has 1 N–H and O–H groups in total. The Morgan fingerprint density at radius 1 is 1.17 bits per heavy atom. The van der Waals surface area contributed by atoms with Gasteiger partial charge in [-0.05, 0) is 24.3 Å². The molecule has 1 heterocycles. The van der Waals surface area contributed by atoms with Crippen LogP contribution in [0.1, 0.15) is 16.8 Å². The van der Waals surface area contributed by atoms with E-state index < -0.39 is 0 Å². The van der Waals surface area contributed by atoms with Gasteiger partial charge in [-0.3, -0.25) is 14.4 Å². The Labute approximate surface area is 146 Å². The van der Waals surface area contributed by atoms with Crippen LogP contribution in [0.4, 0.5) is 0 Å². The highest BCUT2D eigenvalue weighted by molar-refractivity contribution is 6.30. The van der Waals surface area contributed by atoms with Gasteiger partial charge in [0.15, 0.2) is 0 Å². The largest absolute Gasteiger partial charge is 0.352 e. The third kappa shape index (κ3) is 4.83. The Bertz CT molecular complexity index is 640. The summed E-state index contributed by atoms with van der Waals surface area (Å²) in [5.41, 5.74) is 0.550. The fraction of sp³-hybridized carbons (Fsp3) is 0.353. The van der Waals surface area contributed by atoms with E-state index in [4.69, 9.17) is 11.6 Å². The number of rotatable bonds is 5. The molecule has 0 spiro atoms. The van der Waals surface area contributed by atoms with Crippen molar-refractivity contribution in [3.8, 4) is 0 Å². The predicted octanol–water partition coefficient (Wildman–Crippen LogP) is 1.32. The second-order valence-corrected chi connectivity index (χ2v) is 5.86. The average molecular weight is 350 g/mol. The number of benzene rings is 1. The lowest BCUT2D eigenvalue weighted by Gasteiger charge is -2.35. The topological polar surface area (TPSA) is 69.7 Å². The molecule has 0 aromatic heterocycles. The van der Waals surface area contributed by atoms with E-state index in [1.54, 1.807) is 34.1 Å². The third-order valence-electron chi connectivity index (χ3n) is 3.81. The summed E-state index contributed by atoms with van der Waals surface area (Å²) >= 11 is 5.91. The van der Waals surface area contributed by atoms with Gasteiger partial charge in [0.1, 0.15) is 0 Å². The van der Waals surface area contributed by atoms with Gasteiger partial charge in [0.2, 0.25) is 11.8 Å². The molecule has 1 aliphatic rings. The van der Waals surface area contributed by atoms with E-state index >= 15 is 0 Å². The summed E-state index contributed by atoms with van der Waals surface area (Å²) in [5.74, 6) is -0.406. The van der Waals surface area contributed by atoms with Gasteiger partial charge in [0, 0.05) is 49.7 Å². The van der Waals surface area contributed by atoms with Crippen molar-refractivity contribution in [2.24, 2.45) is 0 Å². The van der Waals surface area contributed by atoms with E-state index in [9.17, 15) is 14.4 Å². The fourth-order valence-corrected chi connectivity index (χ4v) is 2.68. The highest BCUT2D eigenvalue weighted by Gasteiger charge is 2.24. The maximum Gasteiger partial charge on any atom is 0.254 e. The Morgan fingerprint density at radius 3 is 2.46 bits per heavy atom. The number of nitrogens with one attached hydrogen (secondary N) is 1. The number of nitrogens with zero attached hydrogens (tertiary/aromatic N) is 2. The summed E-state index contributed by atoms with van der Waals surface area (Å²) in [5, 5.41) is 3.10. The van der Waals surface area contributed by atoms with Crippen LogP contribution >= 0.6 is 11.6 Å². The van der Waals surface area contributed by atoms with Crippen LogP contribution in [-0.2, 0) is 9.59 Å². The number of carbonyl (C=O) groups is 3. The summed E-state index contributed by atoms with van der Waals surface area (Å²) in [7, 11) is 0. The Kier molecular flexibility index (Phi) is 6.37. The van der Waals surface area contributed by atoms with Crippen molar-refractivity contribution in [3.05, 3.63) is 47.5 Å². The van der Waals surface area contributed by atoms with E-state index in [0.717, 1.165) is 0 Å². The molecule has 0 radical (unpaired) electrons. The molecule has 0 unspecified atom stereocenters. The molecule has 1 saturated heterocycles. The molecule has 2 rings (SSSR count). The molecule has 0 bridgehead atoms. The van der Waals surface area contributed by atoms with Crippen LogP contribution in [-0.4, -0.2) is 60.2 Å². The molecule has 7 heteroatoms. The molecule has 128 valence electrons. The summed E-state index contributed by atoms with van der Waals surface area (Å²) in [6.45, 7) is 5.57. The Morgan fingerprint density at radius 2 is 1.83 bits per heavy atom. The number of amides is 3. The van der Waals surface area contributed by atoms with Crippen LogP contribution in [0.15, 0.2) is 36.9 Å². The molecule has 1 aromatic rings. The van der Waals surface area contributed by atoms with Crippen molar-refractivity contribution in [3.63, 3.8) is 0 Å². The Balaban J connectivity index is 1.80. The summed E-state index contributed by atoms with van der Waals surface area (Å²) in [6.07, 6.45) is 1.41. The van der Waals surface area contributed by atoms with E-state index in [1.165, 1.54) is 6.08 Å². The summed E-state index contributed by atoms with van der Waals surface area (Å²) in [4.78, 5) is 39.0. The zero-order chi connectivity index (χ0) is 17.5. The fourth-order valence-electron chi connectivity index (χ4n) is 2.49. The average Bonchev–Trinajstić information content (AvgIpc) is 2.61. The van der Waals surface area contributed by atoms with Gasteiger partial charge < -0.3 is 15.1 Å². The van der Waals surface area contributed by atoms with Crippen LogP contribution in [0.2, 0.25) is 5.02 Å². The number of halogens is 1. The number of hydrogen-bond donors (Lipinski definition) is 1. The van der Waals surface area contributed by atoms with E-state index in [1.807, 2.05) is 0 Å². The van der Waals surface area contributed by atoms with Crippen molar-refractivity contribution in [1.82, 2.24) is 15.1 Å². The molecule has 0 saturated carbocycles. The molecular formula is C17H20ClN3O3. The molecule has 0 aliphatic carbocycles. The van der Waals surface area contributed by atoms with Crippen LogP contribution in [0.25, 0.3) is 0 Å². The molecule has 6 nitrogen and oxygen atoms in total. The molecule has 24 heavy (non-hydrogen) atoms. The van der Waals surface area contributed by atoms with Gasteiger partial charge in [-0.1, -0.05) is 24.2 Å². The number of hydrogen-bond acceptors (Lipinski definition) is 3. The van der Waals surface area contributed by atoms with Gasteiger partial charge >= 0.3 is 0 Å². The standard InChI is InChI=1S/C17H20ClN3O3/c1-2-15(22)19-7-6-16(23)20-8-10-21(11-9-20)17(24)13-4-3-5-14(18)12-13/h2-5,12H,1,6-11H2,(H,19,22). The first kappa shape index (κ1) is 18.0. The maximum atomic E-state index is 12.4. The van der Waals surface area contributed by atoms with E-state index in [0.29, 0.717) is 36.8 Å². The van der Waals surface area contributed by atoms with Crippen molar-refractivity contribution >= 4 is 29.3 Å². The van der Waals surface area contributed by atoms with Crippen molar-refractivity contribution in [2.75, 3.05) is 32.7 Å². The quantitative estimate of drug-likeness (QED) is 0.815. The lowest BCUT2D eigenvalue weighted by atomic mass is 10.2. The highest BCUT2D eigenvalue weighted by atomic mass is 35.5. The van der Waals surface area contributed by atoms with Crippen LogP contribution in [0.5, 0.6) is 0 Å². The minimum atomic E-state index is -0.292. The second-order valence-electron chi connectivity index (χ2n) is 5.43. The molecule has 1 fully saturated rings. The normalized spacial score (nSPS) is 14.2. The lowest BCUT2D eigenvalue weighted by molar-refractivity contribution is -0.132. The molecule has 1 aliphatic heterocycles. The van der Waals surface area contributed by atoms with Gasteiger partial charge in [-0.15, -0.1) is 0 Å². The second kappa shape index (κ2) is 8.49. The van der Waals surface area contributed by atoms with Gasteiger partial charge in [0.25, 0.3) is 5.91 Å². The smallest absolute Gasteiger partial charge is 0.254 e. The van der Waals surface area contributed by atoms with Crippen LogP contribution < -0.4 is 5.32 Å². The van der Waals surface area contributed by atoms with Crippen molar-refractivity contribution in [2.45, 2.75) is 6.42 Å². The van der Waals surface area contributed by atoms with Gasteiger partial charge in [-0.2, -0.15) is 0 Å². The summed E-state index contributed by atoms with van der Waals surface area (Å²) in [6, 6.07) is 6.84. The molecule has 1 aromatic carbocycles. The first-order chi connectivity index (χ1) is 11.5. The minimum absolute atomic E-state index is 0.0331. The first-order valence-electron chi connectivity index (χ1n) is 7.74. The highest BCUT2D eigenvalue weighted by Crippen LogP contribution is 2.14. The molecule has 3 amide bonds. The molecule has 0 atom stereocenters. The first-order valence-corrected chi connectivity index (χ1v) is 8.12. The van der Waals surface area contributed by atoms with Gasteiger partial charge in [0.05, 0.1) is 0 Å². The zero-order valence-corrected chi connectivity index (χ0v) is 14.1. The minimum Gasteiger partial charge on any atom is -0.352 e. The Hall–Kier alpha value is -2.34. The number of piperazine rings is 1. The van der Waals surface area contributed by atoms with E-state index in [-0.39, 0.29) is 30.7 Å². The SMILES string of the molecule is C=CC(=O)NCCC(=O)N1CCN(C(=O)c2cccc(Cl)c2)CC1. The van der Waals surface area contributed by atoms with E-state index in [2.05, 4.69) is 11.9 Å². The predicted molar refractivity (Wildman–Crippen MR) is 91.8 cm³/mol. The summed E-state index contributed by atoms with van der Waals surface area (Å²) < 4.78 is 0. The third-order valence-corrected chi connectivity index (χ3v) is 4.05.